The molecular weight excluding hydrogens is 148 g/mol. The second kappa shape index (κ2) is 1.94. The summed E-state index contributed by atoms with van der Waals surface area (Å²) in [5.74, 6) is 2.06. The molecule has 0 bridgehead atoms. The second-order valence-electron chi connectivity index (χ2n) is 3.64. The molecule has 0 N–H and O–H groups in total. The summed E-state index contributed by atoms with van der Waals surface area (Å²) in [5, 5.41) is 0. The van der Waals surface area contributed by atoms with Crippen LogP contribution in [0.3, 0.4) is 0 Å². The summed E-state index contributed by atoms with van der Waals surface area (Å²) in [6, 6.07) is 0. The fourth-order valence-corrected chi connectivity index (χ4v) is 2.14. The molecule has 0 spiro atoms. The van der Waals surface area contributed by atoms with Gasteiger partial charge in [-0.1, -0.05) is 12.2 Å². The van der Waals surface area contributed by atoms with Crippen LogP contribution in [0.1, 0.15) is 6.92 Å². The van der Waals surface area contributed by atoms with Crippen molar-refractivity contribution >= 4 is 11.9 Å². The van der Waals surface area contributed by atoms with E-state index >= 15 is 0 Å². The molecular formula is C10H10N2. The van der Waals surface area contributed by atoms with Crippen LogP contribution in [0.15, 0.2) is 34.0 Å². The van der Waals surface area contributed by atoms with Crippen LogP contribution < -0.4 is 0 Å². The average Bonchev–Trinajstić information content (AvgIpc) is 2.78. The van der Waals surface area contributed by atoms with Crippen molar-refractivity contribution in [3.05, 3.63) is 24.0 Å². The van der Waals surface area contributed by atoms with Crippen LogP contribution >= 0.6 is 0 Å². The van der Waals surface area contributed by atoms with Crippen molar-refractivity contribution < 1.29 is 0 Å². The van der Waals surface area contributed by atoms with E-state index in [0.717, 1.165) is 11.6 Å². The Bertz CT molecular complexity index is 347. The molecule has 1 fully saturated rings. The molecule has 0 radical (unpaired) electrons. The first-order valence-electron chi connectivity index (χ1n) is 4.33. The van der Waals surface area contributed by atoms with Gasteiger partial charge in [0, 0.05) is 24.0 Å². The minimum absolute atomic E-state index is 0.649. The minimum atomic E-state index is 0.649. The SMILES string of the molecule is CC1=CC2C3C(=NC=C[C@H]23)C=N1. The standard InChI is InChI=1S/C10H10N2/c1-6-4-8-7-2-3-11-9(5-12-6)10(7)8/h2-5,7-8,10H,1H3/t7-,8?,10?/m1/s1. The van der Waals surface area contributed by atoms with E-state index in [1.54, 1.807) is 0 Å². The largest absolute Gasteiger partial charge is 0.260 e. The topological polar surface area (TPSA) is 24.7 Å². The van der Waals surface area contributed by atoms with E-state index in [2.05, 4.69) is 29.1 Å². The molecule has 0 aromatic heterocycles. The van der Waals surface area contributed by atoms with Crippen molar-refractivity contribution in [3.8, 4) is 0 Å². The quantitative estimate of drug-likeness (QED) is 0.513. The lowest BCUT2D eigenvalue weighted by Crippen LogP contribution is -2.06. The molecule has 2 unspecified atom stereocenters. The first-order valence-corrected chi connectivity index (χ1v) is 4.33. The number of nitrogens with zero attached hydrogens (tertiary/aromatic N) is 2. The Balaban J connectivity index is 2.10. The van der Waals surface area contributed by atoms with Crippen molar-refractivity contribution in [2.24, 2.45) is 27.7 Å². The van der Waals surface area contributed by atoms with E-state index in [1.165, 1.54) is 5.71 Å². The predicted octanol–water partition coefficient (Wildman–Crippen LogP) is 1.81. The van der Waals surface area contributed by atoms with Crippen molar-refractivity contribution in [3.63, 3.8) is 0 Å². The molecule has 0 amide bonds. The highest BCUT2D eigenvalue weighted by Crippen LogP contribution is 2.51. The Morgan fingerprint density at radius 3 is 3.17 bits per heavy atom. The van der Waals surface area contributed by atoms with Crippen LogP contribution in [0, 0.1) is 17.8 Å². The molecule has 2 heteroatoms. The van der Waals surface area contributed by atoms with E-state index in [9.17, 15) is 0 Å². The molecule has 2 heterocycles. The zero-order valence-corrected chi connectivity index (χ0v) is 6.94. The van der Waals surface area contributed by atoms with Gasteiger partial charge in [0.1, 0.15) is 0 Å². The number of allylic oxidation sites excluding steroid dienone is 3. The van der Waals surface area contributed by atoms with Gasteiger partial charge in [0.25, 0.3) is 0 Å². The minimum Gasteiger partial charge on any atom is -0.260 e. The Kier molecular flexibility index (Phi) is 1.03. The van der Waals surface area contributed by atoms with E-state index in [1.807, 2.05) is 12.4 Å². The highest BCUT2D eigenvalue weighted by molar-refractivity contribution is 6.33. The average molecular weight is 158 g/mol. The number of hydrogen-bond donors (Lipinski definition) is 0. The summed E-state index contributed by atoms with van der Waals surface area (Å²) in [4.78, 5) is 8.62. The summed E-state index contributed by atoms with van der Waals surface area (Å²) in [6.07, 6.45) is 8.31. The lowest BCUT2D eigenvalue weighted by molar-refractivity contribution is 0.972. The third-order valence-corrected chi connectivity index (χ3v) is 2.84. The molecule has 12 heavy (non-hydrogen) atoms. The van der Waals surface area contributed by atoms with Crippen LogP contribution in [0.25, 0.3) is 0 Å². The van der Waals surface area contributed by atoms with E-state index in [4.69, 9.17) is 0 Å². The Morgan fingerprint density at radius 1 is 1.33 bits per heavy atom. The van der Waals surface area contributed by atoms with Crippen LogP contribution in [-0.2, 0) is 0 Å². The van der Waals surface area contributed by atoms with Gasteiger partial charge < -0.3 is 0 Å². The van der Waals surface area contributed by atoms with Gasteiger partial charge in [-0.15, -0.1) is 0 Å². The Morgan fingerprint density at radius 2 is 2.25 bits per heavy atom. The fraction of sp³-hybridized carbons (Fsp3) is 0.400. The molecule has 2 aliphatic heterocycles. The molecule has 60 valence electrons. The van der Waals surface area contributed by atoms with Gasteiger partial charge in [-0.3, -0.25) is 9.98 Å². The monoisotopic (exact) mass is 158 g/mol. The van der Waals surface area contributed by atoms with Crippen molar-refractivity contribution in [1.82, 2.24) is 0 Å². The van der Waals surface area contributed by atoms with Gasteiger partial charge in [-0.2, -0.15) is 0 Å². The van der Waals surface area contributed by atoms with Crippen LogP contribution in [0.4, 0.5) is 0 Å². The van der Waals surface area contributed by atoms with Gasteiger partial charge >= 0.3 is 0 Å². The van der Waals surface area contributed by atoms with E-state index in [0.29, 0.717) is 11.8 Å². The Labute approximate surface area is 71.4 Å². The maximum Gasteiger partial charge on any atom is 0.0629 e. The summed E-state index contributed by atoms with van der Waals surface area (Å²) in [5.41, 5.74) is 2.30. The highest BCUT2D eigenvalue weighted by atomic mass is 14.8. The van der Waals surface area contributed by atoms with Gasteiger partial charge in [-0.05, 0) is 18.8 Å². The third-order valence-electron chi connectivity index (χ3n) is 2.84. The molecule has 1 aliphatic carbocycles. The maximum absolute atomic E-state index is 4.32. The molecule has 2 nitrogen and oxygen atoms in total. The third kappa shape index (κ3) is 0.697. The number of aliphatic imine (C=N–C) groups is 2. The molecule has 1 saturated carbocycles. The number of rotatable bonds is 0. The van der Waals surface area contributed by atoms with Crippen LogP contribution in [0.2, 0.25) is 0 Å². The van der Waals surface area contributed by atoms with Crippen molar-refractivity contribution in [1.29, 1.82) is 0 Å². The second-order valence-corrected chi connectivity index (χ2v) is 3.64. The lowest BCUT2D eigenvalue weighted by atomic mass is 10.2. The summed E-state index contributed by atoms with van der Waals surface area (Å²) in [7, 11) is 0. The zero-order chi connectivity index (χ0) is 8.13. The van der Waals surface area contributed by atoms with Crippen molar-refractivity contribution in [2.45, 2.75) is 6.92 Å². The summed E-state index contributed by atoms with van der Waals surface area (Å²) >= 11 is 0. The lowest BCUT2D eigenvalue weighted by Gasteiger charge is -1.99. The van der Waals surface area contributed by atoms with E-state index < -0.39 is 0 Å². The van der Waals surface area contributed by atoms with Gasteiger partial charge in [-0.25, -0.2) is 0 Å². The van der Waals surface area contributed by atoms with E-state index in [-0.39, 0.29) is 0 Å². The molecule has 3 aliphatic rings. The van der Waals surface area contributed by atoms with Crippen LogP contribution in [-0.4, -0.2) is 11.9 Å². The zero-order valence-electron chi connectivity index (χ0n) is 6.94. The molecule has 3 rings (SSSR count). The Hall–Kier alpha value is -1.18. The van der Waals surface area contributed by atoms with Gasteiger partial charge in [0.05, 0.1) is 5.71 Å². The molecule has 3 atom stereocenters. The highest BCUT2D eigenvalue weighted by Gasteiger charge is 2.51. The van der Waals surface area contributed by atoms with Crippen LogP contribution in [0.5, 0.6) is 0 Å². The molecule has 0 saturated heterocycles. The number of hydrogen-bond acceptors (Lipinski definition) is 2. The fourth-order valence-electron chi connectivity index (χ4n) is 2.14. The first kappa shape index (κ1) is 6.35. The predicted molar refractivity (Wildman–Crippen MR) is 49.3 cm³/mol. The molecule has 0 aromatic rings. The van der Waals surface area contributed by atoms with Gasteiger partial charge in [0.15, 0.2) is 0 Å². The molecule has 0 aromatic carbocycles. The summed E-state index contributed by atoms with van der Waals surface area (Å²) < 4.78 is 0. The van der Waals surface area contributed by atoms with Gasteiger partial charge in [0.2, 0.25) is 0 Å². The van der Waals surface area contributed by atoms with Crippen molar-refractivity contribution in [2.75, 3.05) is 0 Å². The number of fused-ring (bicyclic) bond motifs is 1. The maximum atomic E-state index is 4.32. The summed E-state index contributed by atoms with van der Waals surface area (Å²) in [6.45, 7) is 2.05. The first-order chi connectivity index (χ1) is 5.86. The smallest absolute Gasteiger partial charge is 0.0629 e. The normalized spacial score (nSPS) is 41.2.